The van der Waals surface area contributed by atoms with E-state index >= 15 is 0 Å². The summed E-state index contributed by atoms with van der Waals surface area (Å²) in [6.07, 6.45) is 4.65. The minimum atomic E-state index is -0.612. The first-order valence-corrected chi connectivity index (χ1v) is 11.0. The van der Waals surface area contributed by atoms with Crippen LogP contribution in [0.4, 0.5) is 10.1 Å². The number of hydrogen-bond acceptors (Lipinski definition) is 6. The molecule has 10 heteroatoms. The fourth-order valence-electron chi connectivity index (χ4n) is 4.94. The van der Waals surface area contributed by atoms with Gasteiger partial charge in [-0.3, -0.25) is 14.5 Å². The number of carbonyl (C=O) groups is 1. The van der Waals surface area contributed by atoms with Gasteiger partial charge in [0.25, 0.3) is 11.5 Å². The smallest absolute Gasteiger partial charge is 0.273 e. The summed E-state index contributed by atoms with van der Waals surface area (Å²) in [5, 5.41) is 6.88. The van der Waals surface area contributed by atoms with Gasteiger partial charge in [-0.15, -0.1) is 0 Å². The summed E-state index contributed by atoms with van der Waals surface area (Å²) in [4.78, 5) is 35.0. The number of halogens is 1. The van der Waals surface area contributed by atoms with Crippen LogP contribution in [0, 0.1) is 5.95 Å². The Hall–Kier alpha value is -3.27. The summed E-state index contributed by atoms with van der Waals surface area (Å²) < 4.78 is 16.4. The van der Waals surface area contributed by atoms with Crippen molar-refractivity contribution < 1.29 is 9.18 Å². The van der Waals surface area contributed by atoms with Gasteiger partial charge in [0.05, 0.1) is 5.69 Å². The van der Waals surface area contributed by atoms with Crippen LogP contribution in [0.2, 0.25) is 0 Å². The van der Waals surface area contributed by atoms with E-state index in [4.69, 9.17) is 0 Å². The Bertz CT molecular complexity index is 1220. The molecule has 5 heterocycles. The Balaban J connectivity index is 1.33. The molecule has 1 amide bonds. The topological polar surface area (TPSA) is 98.6 Å². The normalized spacial score (nSPS) is 20.8. The molecule has 5 rings (SSSR count). The first-order valence-electron chi connectivity index (χ1n) is 11.0. The van der Waals surface area contributed by atoms with Crippen LogP contribution in [0.25, 0.3) is 5.65 Å². The van der Waals surface area contributed by atoms with Crippen molar-refractivity contribution in [2.24, 2.45) is 0 Å². The number of aromatic amines is 1. The van der Waals surface area contributed by atoms with Crippen LogP contribution < -0.4 is 15.8 Å². The van der Waals surface area contributed by atoms with E-state index in [1.165, 1.54) is 7.05 Å². The highest BCUT2D eigenvalue weighted by atomic mass is 19.1. The highest BCUT2D eigenvalue weighted by Crippen LogP contribution is 2.34. The second-order valence-corrected chi connectivity index (χ2v) is 8.48. The number of nitrogens with one attached hydrogen (secondary N) is 2. The van der Waals surface area contributed by atoms with Crippen molar-refractivity contribution in [2.75, 3.05) is 25.0 Å². The first kappa shape index (κ1) is 20.6. The van der Waals surface area contributed by atoms with Crippen molar-refractivity contribution in [1.82, 2.24) is 29.8 Å². The van der Waals surface area contributed by atoms with E-state index in [1.807, 2.05) is 24.1 Å². The predicted molar refractivity (Wildman–Crippen MR) is 117 cm³/mol. The lowest BCUT2D eigenvalue weighted by Crippen LogP contribution is -2.53. The fourth-order valence-corrected chi connectivity index (χ4v) is 4.94. The highest BCUT2D eigenvalue weighted by molar-refractivity contribution is 5.92. The number of carbonyl (C=O) groups excluding carboxylic acids is 1. The molecule has 3 aromatic heterocycles. The lowest BCUT2D eigenvalue weighted by Gasteiger charge is -2.42. The molecule has 0 aromatic carbocycles. The van der Waals surface area contributed by atoms with E-state index in [0.29, 0.717) is 48.6 Å². The number of H-pyrrole nitrogens is 1. The van der Waals surface area contributed by atoms with Gasteiger partial charge < -0.3 is 15.2 Å². The highest BCUT2D eigenvalue weighted by Gasteiger charge is 2.40. The monoisotopic (exact) mass is 439 g/mol. The molecule has 0 aliphatic carbocycles. The van der Waals surface area contributed by atoms with Crippen LogP contribution in [-0.2, 0) is 13.0 Å². The van der Waals surface area contributed by atoms with Gasteiger partial charge in [0.1, 0.15) is 17.0 Å². The predicted octanol–water partition coefficient (Wildman–Crippen LogP) is 1.33. The molecule has 168 valence electrons. The van der Waals surface area contributed by atoms with Gasteiger partial charge in [0.15, 0.2) is 0 Å². The number of nitrogens with zero attached hydrogens (tertiary/aromatic N) is 5. The molecule has 9 nitrogen and oxygen atoms in total. The maximum atomic E-state index is 14.7. The van der Waals surface area contributed by atoms with Crippen LogP contribution >= 0.6 is 0 Å². The maximum absolute atomic E-state index is 14.7. The Labute approximate surface area is 184 Å². The molecule has 32 heavy (non-hydrogen) atoms. The molecule has 0 radical (unpaired) electrons. The Morgan fingerprint density at radius 2 is 2.03 bits per heavy atom. The minimum absolute atomic E-state index is 0.0778. The van der Waals surface area contributed by atoms with E-state index in [1.54, 1.807) is 16.6 Å². The summed E-state index contributed by atoms with van der Waals surface area (Å²) in [6.45, 7) is 4.08. The SMILES string of the molecule is CCc1nn2cc(CN3C4CCC3CN(c3ccc(C(=O)NC)nc3F)C4)cc2[nH]c1=O. The standard InChI is InChI=1S/C22H26FN7O2/c1-3-16-22(32)26-19-8-13(10-30(19)27-16)9-29-14-4-5-15(29)12-28(11-14)18-7-6-17(21(31)24-2)25-20(18)23/h6-8,10,14-15H,3-5,9,11-12H2,1-2H3,(H,24,31)(H,26,32). The average Bonchev–Trinajstić information content (AvgIpc) is 3.27. The largest absolute Gasteiger partial charge is 0.365 e. The Morgan fingerprint density at radius 3 is 2.69 bits per heavy atom. The first-order chi connectivity index (χ1) is 15.5. The van der Waals surface area contributed by atoms with Gasteiger partial charge in [-0.2, -0.15) is 9.49 Å². The molecule has 2 N–H and O–H groups in total. The average molecular weight is 439 g/mol. The molecule has 2 aliphatic rings. The quantitative estimate of drug-likeness (QED) is 0.582. The number of rotatable bonds is 5. The Kier molecular flexibility index (Phi) is 5.16. The van der Waals surface area contributed by atoms with Crippen LogP contribution in [-0.4, -0.2) is 62.6 Å². The van der Waals surface area contributed by atoms with Gasteiger partial charge in [-0.25, -0.2) is 9.50 Å². The van der Waals surface area contributed by atoms with Crippen molar-refractivity contribution in [3.8, 4) is 0 Å². The zero-order chi connectivity index (χ0) is 22.4. The van der Waals surface area contributed by atoms with Crippen molar-refractivity contribution in [1.29, 1.82) is 0 Å². The number of fused-ring (bicyclic) bond motifs is 3. The van der Waals surface area contributed by atoms with Crippen molar-refractivity contribution >= 4 is 17.2 Å². The summed E-state index contributed by atoms with van der Waals surface area (Å²) in [5.41, 5.74) is 2.68. The van der Waals surface area contributed by atoms with E-state index in [9.17, 15) is 14.0 Å². The fraction of sp³-hybridized carbons (Fsp3) is 0.455. The Morgan fingerprint density at radius 1 is 1.28 bits per heavy atom. The van der Waals surface area contributed by atoms with Crippen molar-refractivity contribution in [2.45, 2.75) is 44.8 Å². The third kappa shape index (κ3) is 3.54. The third-order valence-corrected chi connectivity index (χ3v) is 6.55. The van der Waals surface area contributed by atoms with Gasteiger partial charge in [0.2, 0.25) is 5.95 Å². The van der Waals surface area contributed by atoms with E-state index in [-0.39, 0.29) is 11.3 Å². The number of piperazine rings is 1. The molecule has 0 saturated carbocycles. The van der Waals surface area contributed by atoms with Crippen molar-refractivity contribution in [3.63, 3.8) is 0 Å². The van der Waals surface area contributed by atoms with Crippen LogP contribution in [0.1, 0.15) is 41.5 Å². The number of hydrogen-bond donors (Lipinski definition) is 2. The second-order valence-electron chi connectivity index (χ2n) is 8.48. The van der Waals surface area contributed by atoms with E-state index < -0.39 is 11.9 Å². The molecule has 0 spiro atoms. The molecular weight excluding hydrogens is 413 g/mol. The lowest BCUT2D eigenvalue weighted by atomic mass is 10.1. The summed E-state index contributed by atoms with van der Waals surface area (Å²) in [5.74, 6) is -1.01. The van der Waals surface area contributed by atoms with Gasteiger partial charge in [-0.1, -0.05) is 6.92 Å². The molecule has 2 saturated heterocycles. The minimum Gasteiger partial charge on any atom is -0.365 e. The molecular formula is C22H26FN7O2. The molecule has 2 aliphatic heterocycles. The van der Waals surface area contributed by atoms with Gasteiger partial charge in [-0.05, 0) is 43.0 Å². The number of amides is 1. The number of aromatic nitrogens is 4. The number of anilines is 1. The number of pyridine rings is 1. The van der Waals surface area contributed by atoms with Gasteiger partial charge in [0, 0.05) is 45.0 Å². The zero-order valence-electron chi connectivity index (χ0n) is 18.1. The summed E-state index contributed by atoms with van der Waals surface area (Å²) in [6, 6.07) is 5.79. The van der Waals surface area contributed by atoms with Crippen LogP contribution in [0.15, 0.2) is 29.2 Å². The molecule has 2 unspecified atom stereocenters. The molecule has 2 fully saturated rings. The number of aryl methyl sites for hydroxylation is 1. The molecule has 2 atom stereocenters. The van der Waals surface area contributed by atoms with Gasteiger partial charge >= 0.3 is 0 Å². The zero-order valence-corrected chi connectivity index (χ0v) is 18.1. The van der Waals surface area contributed by atoms with E-state index in [2.05, 4.69) is 25.3 Å². The summed E-state index contributed by atoms with van der Waals surface area (Å²) in [7, 11) is 1.50. The maximum Gasteiger partial charge on any atom is 0.273 e. The molecule has 3 aromatic rings. The third-order valence-electron chi connectivity index (χ3n) is 6.55. The second kappa shape index (κ2) is 8.01. The van der Waals surface area contributed by atoms with Crippen LogP contribution in [0.3, 0.4) is 0 Å². The lowest BCUT2D eigenvalue weighted by molar-refractivity contribution is 0.0957. The van der Waals surface area contributed by atoms with Crippen molar-refractivity contribution in [3.05, 3.63) is 57.6 Å². The van der Waals surface area contributed by atoms with E-state index in [0.717, 1.165) is 24.9 Å². The summed E-state index contributed by atoms with van der Waals surface area (Å²) >= 11 is 0. The van der Waals surface area contributed by atoms with Crippen LogP contribution in [0.5, 0.6) is 0 Å². The molecule has 2 bridgehead atoms.